The van der Waals surface area contributed by atoms with Gasteiger partial charge in [0.05, 0.1) is 11.0 Å². The van der Waals surface area contributed by atoms with Crippen LogP contribution in [0.2, 0.25) is 0 Å². The van der Waals surface area contributed by atoms with E-state index >= 15 is 0 Å². The number of fused-ring (bicyclic) bond motifs is 3. The molecule has 412 valence electrons. The van der Waals surface area contributed by atoms with Crippen LogP contribution in [0.15, 0.2) is 362 Å². The van der Waals surface area contributed by atoms with Crippen LogP contribution in [0.4, 0.5) is 0 Å². The van der Waals surface area contributed by atoms with Gasteiger partial charge in [0.2, 0.25) is 6.29 Å². The van der Waals surface area contributed by atoms with E-state index < -0.39 is 22.4 Å². The third-order valence-corrected chi connectivity index (χ3v) is 27.0. The molecule has 87 heavy (non-hydrogen) atoms. The summed E-state index contributed by atoms with van der Waals surface area (Å²) in [5.41, 5.74) is 11.1. The molecule has 0 bridgehead atoms. The molecule has 1 N–H and O–H groups in total. The summed E-state index contributed by atoms with van der Waals surface area (Å²) in [6.45, 7) is 0. The minimum absolute atomic E-state index is 0.571. The van der Waals surface area contributed by atoms with Crippen LogP contribution in [0.1, 0.15) is 17.4 Å². The van der Waals surface area contributed by atoms with Gasteiger partial charge in [-0.15, -0.1) is 0 Å². The van der Waals surface area contributed by atoms with E-state index in [1.54, 1.807) is 0 Å². The zero-order valence-corrected chi connectivity index (χ0v) is 49.9. The zero-order valence-electron chi connectivity index (χ0n) is 47.9. The maximum Gasteiger partial charge on any atom is 0.204 e. The number of benzene rings is 13. The fourth-order valence-corrected chi connectivity index (χ4v) is 23.5. The van der Waals surface area contributed by atoms with Gasteiger partial charge in [-0.25, -0.2) is 9.98 Å². The molecule has 0 fully saturated rings. The minimum Gasteiger partial charge on any atom is -0.331 e. The van der Waals surface area contributed by atoms with Crippen molar-refractivity contribution in [3.63, 3.8) is 0 Å². The van der Waals surface area contributed by atoms with Crippen LogP contribution >= 0.6 is 0 Å². The molecule has 0 radical (unpaired) electrons. The maximum atomic E-state index is 5.76. The van der Waals surface area contributed by atoms with Crippen molar-refractivity contribution in [3.8, 4) is 33.4 Å². The molecule has 1 aliphatic rings. The van der Waals surface area contributed by atoms with Gasteiger partial charge in [0.15, 0.2) is 22.0 Å². The number of rotatable bonds is 14. The molecule has 1 unspecified atom stereocenters. The summed E-state index contributed by atoms with van der Waals surface area (Å²) >= 11 is 0. The fraction of sp³-hybridized carbons (Fsp3) is 0.0123. The van der Waals surface area contributed by atoms with Crippen LogP contribution < -0.4 is 46.8 Å². The topological polar surface area (TPSA) is 41.7 Å². The van der Waals surface area contributed by atoms with Crippen LogP contribution in [0.3, 0.4) is 0 Å². The molecule has 0 amide bonds. The number of para-hydroxylation sites is 2. The van der Waals surface area contributed by atoms with Gasteiger partial charge in [-0.3, -0.25) is 0 Å². The highest BCUT2D eigenvalue weighted by Crippen LogP contribution is 2.33. The Bertz CT molecular complexity index is 4640. The molecule has 0 saturated carbocycles. The molecule has 0 saturated heterocycles. The normalized spacial score (nSPS) is 13.4. The van der Waals surface area contributed by atoms with Crippen LogP contribution in [0.5, 0.6) is 0 Å². The maximum absolute atomic E-state index is 5.76. The molecule has 0 spiro atoms. The Morgan fingerprint density at radius 2 is 0.552 bits per heavy atom. The summed E-state index contributed by atoms with van der Waals surface area (Å²) in [4.78, 5) is 11.4. The average molecular weight is 1150 g/mol. The van der Waals surface area contributed by atoms with Crippen LogP contribution in [-0.2, 0) is 0 Å². The third-order valence-electron chi connectivity index (χ3n) is 17.5. The second-order valence-electron chi connectivity index (χ2n) is 22.4. The lowest BCUT2D eigenvalue weighted by molar-refractivity contribution is 0.516. The predicted molar refractivity (Wildman–Crippen MR) is 371 cm³/mol. The highest BCUT2D eigenvalue weighted by Gasteiger charge is 2.47. The summed E-state index contributed by atoms with van der Waals surface area (Å²) < 4.78 is 2.36. The Morgan fingerprint density at radius 3 is 0.943 bits per heavy atom. The number of nitrogens with one attached hydrogen (secondary N) is 1. The van der Waals surface area contributed by atoms with Crippen molar-refractivity contribution in [1.29, 1.82) is 0 Å². The quantitative estimate of drug-likeness (QED) is 0.0856. The van der Waals surface area contributed by atoms with Crippen molar-refractivity contribution in [3.05, 3.63) is 363 Å². The van der Waals surface area contributed by atoms with E-state index in [0.29, 0.717) is 5.84 Å². The summed E-state index contributed by atoms with van der Waals surface area (Å²) in [6, 6.07) is 131. The Labute approximate surface area is 510 Å². The zero-order chi connectivity index (χ0) is 58.0. The number of nitrogens with zero attached hydrogens (tertiary/aromatic N) is 3. The van der Waals surface area contributed by atoms with Gasteiger partial charge in [-0.1, -0.05) is 340 Å². The van der Waals surface area contributed by atoms with E-state index in [1.165, 1.54) is 85.6 Å². The van der Waals surface area contributed by atoms with Crippen molar-refractivity contribution >= 4 is 91.1 Å². The molecule has 6 heteroatoms. The van der Waals surface area contributed by atoms with Crippen LogP contribution in [0.25, 0.3) is 55.2 Å². The largest absolute Gasteiger partial charge is 0.331 e. The number of hydrogen-bond donors (Lipinski definition) is 1. The molecule has 14 aromatic rings. The summed E-state index contributed by atoms with van der Waals surface area (Å²) in [6.07, 6.45) is -0.571. The number of amidine groups is 2. The van der Waals surface area contributed by atoms with Crippen molar-refractivity contribution in [1.82, 2.24) is 9.88 Å². The predicted octanol–water partition coefficient (Wildman–Crippen LogP) is 13.5. The molecule has 13 aromatic carbocycles. The van der Waals surface area contributed by atoms with E-state index in [1.807, 2.05) is 0 Å². The third kappa shape index (κ3) is 9.58. The van der Waals surface area contributed by atoms with Crippen LogP contribution in [-0.4, -0.2) is 32.4 Å². The van der Waals surface area contributed by atoms with E-state index in [4.69, 9.17) is 9.98 Å². The molecule has 2 heterocycles. The summed E-state index contributed by atoms with van der Waals surface area (Å²) in [5, 5.41) is 16.6. The molecule has 15 rings (SSSR count). The molecule has 0 aliphatic carbocycles. The van der Waals surface area contributed by atoms with Crippen molar-refractivity contribution in [2.45, 2.75) is 6.29 Å². The first kappa shape index (κ1) is 53.0. The first-order chi connectivity index (χ1) is 43.1. The molecule has 1 atom stereocenters. The second kappa shape index (κ2) is 23.0. The van der Waals surface area contributed by atoms with Crippen molar-refractivity contribution < 1.29 is 0 Å². The summed E-state index contributed by atoms with van der Waals surface area (Å²) in [7, 11) is -6.94. The van der Waals surface area contributed by atoms with Crippen LogP contribution in [0, 0.1) is 0 Å². The van der Waals surface area contributed by atoms with Gasteiger partial charge in [-0.2, -0.15) is 0 Å². The van der Waals surface area contributed by atoms with Gasteiger partial charge in [0.1, 0.15) is 5.84 Å². The van der Waals surface area contributed by atoms with E-state index in [9.17, 15) is 0 Å². The number of hydrogen-bond acceptors (Lipinski definition) is 3. The van der Waals surface area contributed by atoms with E-state index in [2.05, 4.69) is 362 Å². The average Bonchev–Trinajstić information content (AvgIpc) is 1.23. The van der Waals surface area contributed by atoms with Crippen molar-refractivity contribution in [2.24, 2.45) is 9.98 Å². The molecule has 1 aromatic heterocycles. The molecular weight excluding hydrogens is 1090 g/mol. The second-order valence-corrected chi connectivity index (χ2v) is 30.1. The Hall–Kier alpha value is -10.8. The lowest BCUT2D eigenvalue weighted by Crippen LogP contribution is -2.78. The van der Waals surface area contributed by atoms with Gasteiger partial charge < -0.3 is 9.88 Å². The number of aromatic nitrogens is 1. The monoisotopic (exact) mass is 1140 g/mol. The van der Waals surface area contributed by atoms with Crippen molar-refractivity contribution in [2.75, 3.05) is 0 Å². The SMILES string of the molecule is c1ccc(C2=NC(n3c4ccccc4c4ccccc43)NC(c3cc([Si](c4ccccc4)(c4ccccc4)c4cccc(-c5ccccc5)c4)cc([Si](c4ccccc4)(c4cccc(-c5ccccc5)c4)c4cccc(-c5ccccc5)c4)c3)=N2)cc1. The Morgan fingerprint density at radius 1 is 0.253 bits per heavy atom. The molecule has 4 nitrogen and oxygen atoms in total. The Kier molecular flexibility index (Phi) is 14.0. The van der Waals surface area contributed by atoms with E-state index in [0.717, 1.165) is 28.0 Å². The molecule has 1 aliphatic heterocycles. The first-order valence-corrected chi connectivity index (χ1v) is 33.9. The van der Waals surface area contributed by atoms with Gasteiger partial charge in [0, 0.05) is 21.9 Å². The lowest BCUT2D eigenvalue weighted by Gasteiger charge is -2.39. The molecular formula is C81H60N4Si2. The highest BCUT2D eigenvalue weighted by atomic mass is 28.3. The standard InChI is InChI=1S/C81H60N4Si2/c1-8-29-59(30-9-1)63-37-26-46-70(53-63)86(67-40-16-5-17-41-67,68-42-18-6-19-43-68)73-56-66(80-82-79(62-35-14-4-15-36-62)83-81(84-80)85-77-51-24-22-49-75(77)76-50-23-25-52-78(76)85)57-74(58-73)87(69-44-20-7-21-45-69,71-47-27-38-64(54-71)60-31-10-2-11-32-60)72-48-28-39-65(55-72)61-33-12-3-13-34-61/h1-58,81H,(H,82,83,84). The lowest BCUT2D eigenvalue weighted by atomic mass is 10.1. The smallest absolute Gasteiger partial charge is 0.204 e. The highest BCUT2D eigenvalue weighted by molar-refractivity contribution is 7.22. The minimum atomic E-state index is -3.52. The number of aliphatic imine (C=N–C) groups is 2. The van der Waals surface area contributed by atoms with Gasteiger partial charge >= 0.3 is 0 Å². The van der Waals surface area contributed by atoms with Gasteiger partial charge in [-0.05, 0) is 87.0 Å². The van der Waals surface area contributed by atoms with Gasteiger partial charge in [0.25, 0.3) is 0 Å². The fourth-order valence-electron chi connectivity index (χ4n) is 13.6. The Balaban J connectivity index is 1.10. The van der Waals surface area contributed by atoms with E-state index in [-0.39, 0.29) is 0 Å². The first-order valence-electron chi connectivity index (χ1n) is 29.9. The summed E-state index contributed by atoms with van der Waals surface area (Å²) in [5.74, 6) is 1.40.